The SMILES string of the molecule is CCC(CC)C(=O)/C=C(\O)C(CC)CC.Cc1[c-]c(-c2ccc3oc(-c4ccccc4)cc3n2)cc(C)c1.[Ir]. The molecule has 0 aliphatic heterocycles. The number of nitrogens with zero attached hydrogens (tertiary/aromatic N) is 1. The Morgan fingerprint density at radius 1 is 0.923 bits per heavy atom. The standard InChI is InChI=1S/C21H16NO.C13H24O2.Ir/c1-14-10-15(2)12-17(11-14)18-8-9-20-19(22-18)13-21(23-20)16-6-4-3-5-7-16;1-5-10(6-2)12(14)9-13(15)11(7-3)8-4;/h3-11,13H,1-2H3;9-11,14H,5-8H2,1-4H3;/q-1;;/b;12-9-;. The van der Waals surface area contributed by atoms with Gasteiger partial charge in [0.15, 0.2) is 11.4 Å². The molecule has 0 bridgehead atoms. The monoisotopic (exact) mass is 703 g/mol. The fourth-order valence-corrected chi connectivity index (χ4v) is 4.63. The van der Waals surface area contributed by atoms with Crippen molar-refractivity contribution in [2.45, 2.75) is 67.2 Å². The van der Waals surface area contributed by atoms with Gasteiger partial charge in [-0.15, -0.1) is 34.9 Å². The molecule has 0 atom stereocenters. The average Bonchev–Trinajstić information content (AvgIpc) is 3.34. The number of aryl methyl sites for hydroxylation is 2. The van der Waals surface area contributed by atoms with Crippen molar-refractivity contribution in [2.75, 3.05) is 0 Å². The van der Waals surface area contributed by atoms with Crippen LogP contribution in [0.3, 0.4) is 0 Å². The van der Waals surface area contributed by atoms with Crippen LogP contribution in [0.1, 0.15) is 64.5 Å². The normalized spacial score (nSPS) is 11.3. The van der Waals surface area contributed by atoms with E-state index in [1.54, 1.807) is 0 Å². The molecule has 1 radical (unpaired) electrons. The summed E-state index contributed by atoms with van der Waals surface area (Å²) < 4.78 is 5.92. The van der Waals surface area contributed by atoms with Gasteiger partial charge < -0.3 is 9.52 Å². The van der Waals surface area contributed by atoms with Crippen molar-refractivity contribution in [3.8, 4) is 22.6 Å². The molecule has 209 valence electrons. The number of fused-ring (bicyclic) bond motifs is 1. The Labute approximate surface area is 246 Å². The number of aromatic nitrogens is 1. The van der Waals surface area contributed by atoms with E-state index in [1.165, 1.54) is 11.6 Å². The maximum atomic E-state index is 11.7. The van der Waals surface area contributed by atoms with E-state index in [-0.39, 0.29) is 43.5 Å². The average molecular weight is 703 g/mol. The van der Waals surface area contributed by atoms with Gasteiger partial charge in [0.1, 0.15) is 5.76 Å². The number of aliphatic hydroxyl groups is 1. The minimum absolute atomic E-state index is 0. The number of allylic oxidation sites excluding steroid dienone is 2. The second-order valence-electron chi connectivity index (χ2n) is 9.81. The zero-order valence-corrected chi connectivity index (χ0v) is 26.3. The number of hydrogen-bond acceptors (Lipinski definition) is 4. The van der Waals surface area contributed by atoms with Gasteiger partial charge in [0.05, 0.1) is 11.3 Å². The van der Waals surface area contributed by atoms with E-state index < -0.39 is 0 Å². The van der Waals surface area contributed by atoms with Crippen molar-refractivity contribution in [3.63, 3.8) is 0 Å². The van der Waals surface area contributed by atoms with Crippen molar-refractivity contribution in [1.82, 2.24) is 4.98 Å². The number of benzene rings is 2. The summed E-state index contributed by atoms with van der Waals surface area (Å²) in [6.45, 7) is 12.2. The summed E-state index contributed by atoms with van der Waals surface area (Å²) in [6.07, 6.45) is 4.91. The molecule has 2 aromatic heterocycles. The van der Waals surface area contributed by atoms with Gasteiger partial charge in [0.2, 0.25) is 0 Å². The van der Waals surface area contributed by atoms with Crippen LogP contribution in [0.2, 0.25) is 0 Å². The minimum Gasteiger partial charge on any atom is -0.512 e. The van der Waals surface area contributed by atoms with Crippen LogP contribution in [-0.2, 0) is 24.9 Å². The van der Waals surface area contributed by atoms with Crippen LogP contribution in [0.5, 0.6) is 0 Å². The Morgan fingerprint density at radius 3 is 2.15 bits per heavy atom. The zero-order valence-electron chi connectivity index (χ0n) is 23.9. The summed E-state index contributed by atoms with van der Waals surface area (Å²) in [6, 6.07) is 23.7. The molecule has 1 N–H and O–H groups in total. The summed E-state index contributed by atoms with van der Waals surface area (Å²) in [7, 11) is 0. The van der Waals surface area contributed by atoms with Gasteiger partial charge in [0.25, 0.3) is 0 Å². The third-order valence-electron chi connectivity index (χ3n) is 6.94. The molecule has 0 spiro atoms. The summed E-state index contributed by atoms with van der Waals surface area (Å²) in [5.74, 6) is 1.39. The second-order valence-corrected chi connectivity index (χ2v) is 9.81. The second kappa shape index (κ2) is 15.5. The number of rotatable bonds is 9. The maximum Gasteiger partial charge on any atom is 0.162 e. The first kappa shape index (κ1) is 32.2. The Bertz CT molecular complexity index is 1350. The third-order valence-corrected chi connectivity index (χ3v) is 6.94. The van der Waals surface area contributed by atoms with E-state index in [0.29, 0.717) is 0 Å². The molecule has 2 heterocycles. The molecule has 5 heteroatoms. The summed E-state index contributed by atoms with van der Waals surface area (Å²) in [5, 5.41) is 9.76. The molecule has 4 aromatic rings. The van der Waals surface area contributed by atoms with Gasteiger partial charge in [-0.2, -0.15) is 0 Å². The van der Waals surface area contributed by atoms with Crippen molar-refractivity contribution in [1.29, 1.82) is 0 Å². The molecule has 4 nitrogen and oxygen atoms in total. The largest absolute Gasteiger partial charge is 0.512 e. The quantitative estimate of drug-likeness (QED) is 0.107. The van der Waals surface area contributed by atoms with Crippen molar-refractivity contribution >= 4 is 16.9 Å². The zero-order chi connectivity index (χ0) is 27.7. The van der Waals surface area contributed by atoms with Crippen LogP contribution in [0.15, 0.2) is 76.9 Å². The molecular weight excluding hydrogens is 663 g/mol. The molecular formula is C34H40IrNO3-. The fourth-order valence-electron chi connectivity index (χ4n) is 4.63. The molecule has 4 rings (SSSR count). The van der Waals surface area contributed by atoms with E-state index >= 15 is 0 Å². The molecule has 39 heavy (non-hydrogen) atoms. The van der Waals surface area contributed by atoms with Crippen LogP contribution < -0.4 is 0 Å². The van der Waals surface area contributed by atoms with Crippen LogP contribution in [0.25, 0.3) is 33.7 Å². The van der Waals surface area contributed by atoms with E-state index in [2.05, 4.69) is 32.0 Å². The van der Waals surface area contributed by atoms with Crippen LogP contribution in [0.4, 0.5) is 0 Å². The maximum absolute atomic E-state index is 11.7. The van der Waals surface area contributed by atoms with Gasteiger partial charge >= 0.3 is 0 Å². The van der Waals surface area contributed by atoms with E-state index in [4.69, 9.17) is 9.40 Å². The summed E-state index contributed by atoms with van der Waals surface area (Å²) >= 11 is 0. The number of hydrogen-bond donors (Lipinski definition) is 1. The predicted molar refractivity (Wildman–Crippen MR) is 157 cm³/mol. The predicted octanol–water partition coefficient (Wildman–Crippen LogP) is 9.45. The van der Waals surface area contributed by atoms with E-state index in [1.807, 2.05) is 76.2 Å². The van der Waals surface area contributed by atoms with Crippen LogP contribution >= 0.6 is 0 Å². The number of pyridine rings is 1. The van der Waals surface area contributed by atoms with Crippen molar-refractivity contribution < 1.29 is 34.4 Å². The molecule has 0 saturated carbocycles. The Hall–Kier alpha value is -3.01. The smallest absolute Gasteiger partial charge is 0.162 e. The van der Waals surface area contributed by atoms with Gasteiger partial charge in [-0.05, 0) is 37.4 Å². The van der Waals surface area contributed by atoms with Crippen molar-refractivity contribution in [3.05, 3.63) is 89.7 Å². The van der Waals surface area contributed by atoms with Gasteiger partial charge in [-0.25, -0.2) is 0 Å². The number of carbonyl (C=O) groups is 1. The minimum atomic E-state index is 0. The molecule has 0 aliphatic rings. The summed E-state index contributed by atoms with van der Waals surface area (Å²) in [5.41, 5.74) is 7.02. The van der Waals surface area contributed by atoms with Crippen LogP contribution in [0, 0.1) is 31.7 Å². The third kappa shape index (κ3) is 8.74. The molecule has 0 saturated heterocycles. The van der Waals surface area contributed by atoms with Crippen molar-refractivity contribution in [2.24, 2.45) is 11.8 Å². The first-order valence-electron chi connectivity index (χ1n) is 13.7. The van der Waals surface area contributed by atoms with Gasteiger partial charge in [-0.1, -0.05) is 77.9 Å². The van der Waals surface area contributed by atoms with Crippen LogP contribution in [-0.4, -0.2) is 15.9 Å². The molecule has 0 unspecified atom stereocenters. The Kier molecular flexibility index (Phi) is 12.8. The van der Waals surface area contributed by atoms with Gasteiger partial charge in [0, 0.05) is 49.6 Å². The Morgan fingerprint density at radius 2 is 1.56 bits per heavy atom. The molecule has 0 aliphatic carbocycles. The number of carbonyl (C=O) groups excluding carboxylic acids is 1. The Balaban J connectivity index is 0.000000294. The number of furan rings is 1. The van der Waals surface area contributed by atoms with E-state index in [0.717, 1.165) is 64.9 Å². The molecule has 2 aromatic carbocycles. The van der Waals surface area contributed by atoms with Gasteiger partial charge in [-0.3, -0.25) is 9.78 Å². The van der Waals surface area contributed by atoms with E-state index in [9.17, 15) is 9.90 Å². The number of ketones is 1. The summed E-state index contributed by atoms with van der Waals surface area (Å²) in [4.78, 5) is 16.5. The topological polar surface area (TPSA) is 63.3 Å². The molecule has 0 fully saturated rings. The first-order chi connectivity index (χ1) is 18.3. The molecule has 0 amide bonds. The first-order valence-corrected chi connectivity index (χ1v) is 13.7. The fraction of sp³-hybridized carbons (Fsp3) is 0.353. The number of aliphatic hydroxyl groups excluding tert-OH is 1.